The first kappa shape index (κ1) is 31.1. The van der Waals surface area contributed by atoms with Crippen LogP contribution in [0.2, 0.25) is 0 Å². The number of nitrogens with two attached hydrogens (primary N) is 1. The molecule has 0 bridgehead atoms. The Morgan fingerprint density at radius 1 is 1.12 bits per heavy atom. The second-order valence-electron chi connectivity index (χ2n) is 9.33. The largest absolute Gasteiger partial charge is 0.370 e. The van der Waals surface area contributed by atoms with Gasteiger partial charge < -0.3 is 16.0 Å². The molecular formula is C26H32FN5O6S2. The predicted molar refractivity (Wildman–Crippen MR) is 151 cm³/mol. The van der Waals surface area contributed by atoms with E-state index in [-0.39, 0.29) is 23.2 Å². The number of piperidine rings is 1. The lowest BCUT2D eigenvalue weighted by Crippen LogP contribution is -2.51. The highest BCUT2D eigenvalue weighted by Crippen LogP contribution is 2.20. The lowest BCUT2D eigenvalue weighted by atomic mass is 9.98. The van der Waals surface area contributed by atoms with Crippen molar-refractivity contribution in [2.45, 2.75) is 30.2 Å². The van der Waals surface area contributed by atoms with Gasteiger partial charge in [0.25, 0.3) is 11.4 Å². The zero-order valence-corrected chi connectivity index (χ0v) is 23.1. The number of nitrogens with one attached hydrogen (secondary N) is 3. The Labute approximate surface area is 234 Å². The molecule has 1 saturated heterocycles. The fourth-order valence-electron chi connectivity index (χ4n) is 4.45. The molecule has 4 rings (SSSR count). The van der Waals surface area contributed by atoms with Crippen molar-refractivity contribution in [1.29, 1.82) is 5.41 Å². The molecule has 1 aliphatic heterocycles. The molecular weight excluding hydrogens is 561 g/mol. The molecule has 0 spiro atoms. The third-order valence-electron chi connectivity index (χ3n) is 6.42. The molecule has 0 saturated carbocycles. The minimum absolute atomic E-state index is 0.00311. The summed E-state index contributed by atoms with van der Waals surface area (Å²) < 4.78 is 65.3. The molecule has 1 heterocycles. The van der Waals surface area contributed by atoms with Crippen molar-refractivity contribution in [2.24, 2.45) is 11.7 Å². The smallest absolute Gasteiger partial charge is 0.299 e. The van der Waals surface area contributed by atoms with E-state index >= 15 is 0 Å². The Morgan fingerprint density at radius 2 is 1.77 bits per heavy atom. The molecule has 3 aromatic rings. The SMILES string of the molecule is N=C(N)N1CCCC(CNC(=O)[C@@H](Cc2ccc(F)cc2)NS(=O)(=O)c2ccc3ccccc3c2)C1.O=S(O)O. The van der Waals surface area contributed by atoms with Crippen LogP contribution in [0.3, 0.4) is 0 Å². The van der Waals surface area contributed by atoms with E-state index in [0.29, 0.717) is 25.2 Å². The van der Waals surface area contributed by atoms with Gasteiger partial charge in [-0.25, -0.2) is 12.8 Å². The average molecular weight is 594 g/mol. The second-order valence-corrected chi connectivity index (χ2v) is 11.5. The number of hydrogen-bond acceptors (Lipinski definition) is 5. The van der Waals surface area contributed by atoms with Crippen LogP contribution in [-0.4, -0.2) is 64.2 Å². The van der Waals surface area contributed by atoms with Crippen molar-refractivity contribution in [3.05, 3.63) is 78.1 Å². The van der Waals surface area contributed by atoms with Gasteiger partial charge >= 0.3 is 0 Å². The molecule has 2 atom stereocenters. The first-order chi connectivity index (χ1) is 18.9. The summed E-state index contributed by atoms with van der Waals surface area (Å²) in [6.07, 6.45) is 1.78. The van der Waals surface area contributed by atoms with Gasteiger partial charge in [-0.05, 0) is 65.8 Å². The number of rotatable bonds is 8. The molecule has 40 heavy (non-hydrogen) atoms. The maximum atomic E-state index is 13.4. The fourth-order valence-corrected chi connectivity index (χ4v) is 5.68. The molecule has 1 fully saturated rings. The summed E-state index contributed by atoms with van der Waals surface area (Å²) in [4.78, 5) is 15.0. The Bertz CT molecular complexity index is 1450. The van der Waals surface area contributed by atoms with Crippen molar-refractivity contribution in [1.82, 2.24) is 14.9 Å². The van der Waals surface area contributed by atoms with E-state index in [1.54, 1.807) is 17.0 Å². The zero-order valence-electron chi connectivity index (χ0n) is 21.5. The van der Waals surface area contributed by atoms with Gasteiger partial charge in [-0.2, -0.15) is 8.93 Å². The molecule has 1 amide bonds. The molecule has 0 aliphatic carbocycles. The van der Waals surface area contributed by atoms with Crippen molar-refractivity contribution >= 4 is 44.0 Å². The number of carbonyl (C=O) groups excluding carboxylic acids is 1. The Hall–Kier alpha value is -3.43. The van der Waals surface area contributed by atoms with Gasteiger partial charge in [-0.1, -0.05) is 42.5 Å². The van der Waals surface area contributed by atoms with E-state index in [4.69, 9.17) is 24.5 Å². The third kappa shape index (κ3) is 9.34. The van der Waals surface area contributed by atoms with E-state index in [2.05, 4.69) is 10.0 Å². The number of halogens is 1. The standard InChI is InChI=1S/C26H30FN5O3S.H2O3S/c27-22-10-7-18(8-11-22)14-24(25(33)30-16-19-4-3-13-32(17-19)26(28)29)31-36(34,35)23-12-9-20-5-1-2-6-21(20)15-23;1-4(2)3/h1-2,5-12,15,19,24,31H,3-4,13-14,16-17H2,(H3,28,29)(H,30,33);(H2,1,2,3)/t19?,24-;/m1./s1. The number of guanidine groups is 1. The highest BCUT2D eigenvalue weighted by atomic mass is 32.2. The van der Waals surface area contributed by atoms with Gasteiger partial charge in [-0.15, -0.1) is 0 Å². The quantitative estimate of drug-likeness (QED) is 0.130. The molecule has 1 aliphatic rings. The molecule has 14 heteroatoms. The summed E-state index contributed by atoms with van der Waals surface area (Å²) in [7, 11) is -4.03. The van der Waals surface area contributed by atoms with E-state index in [9.17, 15) is 17.6 Å². The molecule has 0 radical (unpaired) electrons. The van der Waals surface area contributed by atoms with Crippen LogP contribution >= 0.6 is 0 Å². The normalized spacial score (nSPS) is 16.2. The summed E-state index contributed by atoms with van der Waals surface area (Å²) in [5, 5.41) is 12.2. The number of amides is 1. The Balaban J connectivity index is 0.00000103. The maximum absolute atomic E-state index is 13.4. The van der Waals surface area contributed by atoms with Crippen molar-refractivity contribution in [3.63, 3.8) is 0 Å². The van der Waals surface area contributed by atoms with Crippen LogP contribution in [0.4, 0.5) is 4.39 Å². The van der Waals surface area contributed by atoms with Crippen LogP contribution in [0.25, 0.3) is 10.8 Å². The summed E-state index contributed by atoms with van der Waals surface area (Å²) in [5.41, 5.74) is 6.23. The minimum Gasteiger partial charge on any atom is -0.370 e. The minimum atomic E-state index is -4.03. The van der Waals surface area contributed by atoms with Crippen LogP contribution in [0.5, 0.6) is 0 Å². The van der Waals surface area contributed by atoms with Gasteiger partial charge in [0.05, 0.1) is 4.90 Å². The third-order valence-corrected chi connectivity index (χ3v) is 7.89. The Morgan fingerprint density at radius 3 is 2.42 bits per heavy atom. The molecule has 7 N–H and O–H groups in total. The van der Waals surface area contributed by atoms with Crippen LogP contribution < -0.4 is 15.8 Å². The van der Waals surface area contributed by atoms with Crippen LogP contribution in [-0.2, 0) is 32.6 Å². The van der Waals surface area contributed by atoms with Gasteiger partial charge in [0.1, 0.15) is 11.9 Å². The summed E-state index contributed by atoms with van der Waals surface area (Å²) in [6.45, 7) is 1.60. The molecule has 0 aromatic heterocycles. The summed E-state index contributed by atoms with van der Waals surface area (Å²) in [6, 6.07) is 16.8. The van der Waals surface area contributed by atoms with Gasteiger partial charge in [-0.3, -0.25) is 19.3 Å². The molecule has 216 valence electrons. The highest BCUT2D eigenvalue weighted by molar-refractivity contribution is 7.89. The number of benzene rings is 3. The molecule has 1 unspecified atom stereocenters. The predicted octanol–water partition coefficient (Wildman–Crippen LogP) is 2.27. The number of carbonyl (C=O) groups is 1. The van der Waals surface area contributed by atoms with Gasteiger partial charge in [0, 0.05) is 19.6 Å². The van der Waals surface area contributed by atoms with E-state index < -0.39 is 39.2 Å². The van der Waals surface area contributed by atoms with Gasteiger partial charge in [0.15, 0.2) is 5.96 Å². The summed E-state index contributed by atoms with van der Waals surface area (Å²) >= 11 is -2.61. The van der Waals surface area contributed by atoms with Crippen LogP contribution in [0, 0.1) is 17.1 Å². The topological polar surface area (TPSA) is 186 Å². The van der Waals surface area contributed by atoms with E-state index in [1.807, 2.05) is 24.3 Å². The first-order valence-corrected chi connectivity index (χ1v) is 14.9. The molecule has 3 aromatic carbocycles. The lowest BCUT2D eigenvalue weighted by molar-refractivity contribution is -0.122. The monoisotopic (exact) mass is 593 g/mol. The lowest BCUT2D eigenvalue weighted by Gasteiger charge is -2.33. The maximum Gasteiger partial charge on any atom is 0.299 e. The Kier molecular flexibility index (Phi) is 11.1. The zero-order chi connectivity index (χ0) is 29.3. The number of hydrogen-bond donors (Lipinski definition) is 6. The van der Waals surface area contributed by atoms with Crippen molar-refractivity contribution in [3.8, 4) is 0 Å². The fraction of sp³-hybridized carbons (Fsp3) is 0.308. The van der Waals surface area contributed by atoms with E-state index in [1.165, 1.54) is 30.3 Å². The number of likely N-dealkylation sites (tertiary alicyclic amines) is 1. The van der Waals surface area contributed by atoms with Crippen LogP contribution in [0.15, 0.2) is 71.6 Å². The second kappa shape index (κ2) is 14.3. The van der Waals surface area contributed by atoms with Crippen molar-refractivity contribution < 1.29 is 30.9 Å². The molecule has 11 nitrogen and oxygen atoms in total. The number of sulfonamides is 1. The first-order valence-electron chi connectivity index (χ1n) is 12.4. The van der Waals surface area contributed by atoms with Gasteiger partial charge in [0.2, 0.25) is 15.9 Å². The average Bonchev–Trinajstić information content (AvgIpc) is 2.92. The van der Waals surface area contributed by atoms with E-state index in [0.717, 1.165) is 23.6 Å². The summed E-state index contributed by atoms with van der Waals surface area (Å²) in [5.74, 6) is -0.786. The highest BCUT2D eigenvalue weighted by Gasteiger charge is 2.28. The van der Waals surface area contributed by atoms with Crippen LogP contribution in [0.1, 0.15) is 18.4 Å². The number of fused-ring (bicyclic) bond motifs is 1. The number of nitrogens with zero attached hydrogens (tertiary/aromatic N) is 1. The van der Waals surface area contributed by atoms with Crippen molar-refractivity contribution in [2.75, 3.05) is 19.6 Å².